The van der Waals surface area contributed by atoms with Crippen molar-refractivity contribution in [1.82, 2.24) is 9.97 Å². The SMILES string of the molecule is Cc1ccc(C(N)Cc2ccc3ccccc3n2)cn1. The normalized spacial score (nSPS) is 12.5. The molecule has 0 aliphatic carbocycles. The largest absolute Gasteiger partial charge is 0.324 e. The first-order valence-corrected chi connectivity index (χ1v) is 6.75. The van der Waals surface area contributed by atoms with E-state index in [2.05, 4.69) is 22.1 Å². The van der Waals surface area contributed by atoms with Crippen molar-refractivity contribution in [1.29, 1.82) is 0 Å². The molecule has 3 rings (SSSR count). The van der Waals surface area contributed by atoms with Crippen molar-refractivity contribution >= 4 is 10.9 Å². The summed E-state index contributed by atoms with van der Waals surface area (Å²) in [7, 11) is 0. The lowest BCUT2D eigenvalue weighted by atomic mass is 10.0. The number of benzene rings is 1. The highest BCUT2D eigenvalue weighted by atomic mass is 14.7. The smallest absolute Gasteiger partial charge is 0.0705 e. The zero-order chi connectivity index (χ0) is 13.9. The van der Waals surface area contributed by atoms with E-state index in [4.69, 9.17) is 5.73 Å². The minimum absolute atomic E-state index is 0.0724. The lowest BCUT2D eigenvalue weighted by Gasteiger charge is -2.12. The predicted molar refractivity (Wildman–Crippen MR) is 81.3 cm³/mol. The molecule has 2 aromatic heterocycles. The van der Waals surface area contributed by atoms with E-state index in [0.717, 1.165) is 34.3 Å². The number of rotatable bonds is 3. The second-order valence-electron chi connectivity index (χ2n) is 5.04. The third kappa shape index (κ3) is 2.68. The maximum Gasteiger partial charge on any atom is 0.0705 e. The molecule has 0 bridgehead atoms. The molecule has 0 radical (unpaired) electrons. The van der Waals surface area contributed by atoms with Crippen LogP contribution in [0.5, 0.6) is 0 Å². The molecule has 0 aliphatic rings. The third-order valence-corrected chi connectivity index (χ3v) is 3.45. The van der Waals surface area contributed by atoms with Gasteiger partial charge < -0.3 is 5.73 Å². The summed E-state index contributed by atoms with van der Waals surface area (Å²) < 4.78 is 0. The number of aromatic nitrogens is 2. The maximum atomic E-state index is 6.24. The van der Waals surface area contributed by atoms with Crippen LogP contribution in [0.3, 0.4) is 0 Å². The fourth-order valence-corrected chi connectivity index (χ4v) is 2.26. The van der Waals surface area contributed by atoms with Crippen LogP contribution in [0.1, 0.15) is 23.0 Å². The molecule has 2 N–H and O–H groups in total. The summed E-state index contributed by atoms with van der Waals surface area (Å²) in [4.78, 5) is 8.95. The van der Waals surface area contributed by atoms with Gasteiger partial charge in [0.25, 0.3) is 0 Å². The third-order valence-electron chi connectivity index (χ3n) is 3.45. The Morgan fingerprint density at radius 1 is 1.05 bits per heavy atom. The standard InChI is InChI=1S/C17H17N3/c1-12-6-7-14(11-19-12)16(18)10-15-9-8-13-4-2-3-5-17(13)20-15/h2-9,11,16H,10,18H2,1H3. The van der Waals surface area contributed by atoms with E-state index in [0.29, 0.717) is 0 Å². The summed E-state index contributed by atoms with van der Waals surface area (Å²) in [5.74, 6) is 0. The summed E-state index contributed by atoms with van der Waals surface area (Å²) in [5.41, 5.74) is 10.3. The van der Waals surface area contributed by atoms with Crippen LogP contribution in [0.2, 0.25) is 0 Å². The first-order valence-electron chi connectivity index (χ1n) is 6.75. The van der Waals surface area contributed by atoms with E-state index >= 15 is 0 Å². The molecule has 1 aromatic carbocycles. The van der Waals surface area contributed by atoms with Crippen LogP contribution in [0.15, 0.2) is 54.7 Å². The monoisotopic (exact) mass is 263 g/mol. The van der Waals surface area contributed by atoms with Crippen LogP contribution in [0, 0.1) is 6.92 Å². The highest BCUT2D eigenvalue weighted by molar-refractivity contribution is 5.78. The van der Waals surface area contributed by atoms with Gasteiger partial charge in [-0.25, -0.2) is 0 Å². The van der Waals surface area contributed by atoms with Gasteiger partial charge in [0.2, 0.25) is 0 Å². The Kier molecular flexibility index (Phi) is 3.44. The Hall–Kier alpha value is -2.26. The molecular weight excluding hydrogens is 246 g/mol. The molecule has 1 atom stereocenters. The number of nitrogens with two attached hydrogens (primary N) is 1. The van der Waals surface area contributed by atoms with Crippen molar-refractivity contribution in [2.24, 2.45) is 5.73 Å². The van der Waals surface area contributed by atoms with Gasteiger partial charge in [0, 0.05) is 35.4 Å². The van der Waals surface area contributed by atoms with Gasteiger partial charge in [-0.2, -0.15) is 0 Å². The Morgan fingerprint density at radius 3 is 2.70 bits per heavy atom. The van der Waals surface area contributed by atoms with E-state index in [1.165, 1.54) is 0 Å². The van der Waals surface area contributed by atoms with Gasteiger partial charge in [0.1, 0.15) is 0 Å². The van der Waals surface area contributed by atoms with Gasteiger partial charge in [-0.3, -0.25) is 9.97 Å². The molecule has 3 heteroatoms. The van der Waals surface area contributed by atoms with Crippen molar-refractivity contribution in [2.45, 2.75) is 19.4 Å². The zero-order valence-corrected chi connectivity index (χ0v) is 11.5. The maximum absolute atomic E-state index is 6.24. The Labute approximate surface area is 118 Å². The number of aryl methyl sites for hydroxylation is 1. The van der Waals surface area contributed by atoms with Crippen LogP contribution in [0.4, 0.5) is 0 Å². The number of nitrogens with zero attached hydrogens (tertiary/aromatic N) is 2. The summed E-state index contributed by atoms with van der Waals surface area (Å²) >= 11 is 0. The Balaban J connectivity index is 1.83. The second kappa shape index (κ2) is 5.39. The molecule has 100 valence electrons. The molecule has 20 heavy (non-hydrogen) atoms. The number of fused-ring (bicyclic) bond motifs is 1. The molecule has 0 spiro atoms. The van der Waals surface area contributed by atoms with Crippen LogP contribution >= 0.6 is 0 Å². The van der Waals surface area contributed by atoms with E-state index < -0.39 is 0 Å². The highest BCUT2D eigenvalue weighted by Gasteiger charge is 2.08. The van der Waals surface area contributed by atoms with Gasteiger partial charge in [0.15, 0.2) is 0 Å². The summed E-state index contributed by atoms with van der Waals surface area (Å²) in [6.45, 7) is 1.97. The van der Waals surface area contributed by atoms with Crippen molar-refractivity contribution in [2.75, 3.05) is 0 Å². The lowest BCUT2D eigenvalue weighted by Crippen LogP contribution is -2.14. The summed E-state index contributed by atoms with van der Waals surface area (Å²) in [6, 6.07) is 16.2. The molecule has 1 unspecified atom stereocenters. The number of hydrogen-bond acceptors (Lipinski definition) is 3. The number of hydrogen-bond donors (Lipinski definition) is 1. The van der Waals surface area contributed by atoms with Crippen LogP contribution in [0.25, 0.3) is 10.9 Å². The van der Waals surface area contributed by atoms with E-state index in [9.17, 15) is 0 Å². The van der Waals surface area contributed by atoms with Crippen molar-refractivity contribution in [3.8, 4) is 0 Å². The first kappa shape index (κ1) is 12.8. The van der Waals surface area contributed by atoms with E-state index in [1.54, 1.807) is 0 Å². The summed E-state index contributed by atoms with van der Waals surface area (Å²) in [5, 5.41) is 1.15. The minimum Gasteiger partial charge on any atom is -0.324 e. The molecule has 0 aliphatic heterocycles. The van der Waals surface area contributed by atoms with E-state index in [1.807, 2.05) is 49.5 Å². The average molecular weight is 263 g/mol. The average Bonchev–Trinajstić information content (AvgIpc) is 2.48. The van der Waals surface area contributed by atoms with Crippen LogP contribution in [-0.2, 0) is 6.42 Å². The molecule has 0 fully saturated rings. The molecule has 0 saturated carbocycles. The fourth-order valence-electron chi connectivity index (χ4n) is 2.26. The molecule has 0 amide bonds. The van der Waals surface area contributed by atoms with Gasteiger partial charge in [-0.1, -0.05) is 30.3 Å². The fraction of sp³-hybridized carbons (Fsp3) is 0.176. The van der Waals surface area contributed by atoms with Crippen molar-refractivity contribution in [3.63, 3.8) is 0 Å². The van der Waals surface area contributed by atoms with Crippen molar-refractivity contribution in [3.05, 3.63) is 71.7 Å². The zero-order valence-electron chi connectivity index (χ0n) is 11.5. The molecule has 3 nitrogen and oxygen atoms in total. The second-order valence-corrected chi connectivity index (χ2v) is 5.04. The predicted octanol–water partition coefficient (Wildman–Crippen LogP) is 3.18. The molecule has 3 aromatic rings. The number of pyridine rings is 2. The van der Waals surface area contributed by atoms with Crippen molar-refractivity contribution < 1.29 is 0 Å². The molecule has 2 heterocycles. The van der Waals surface area contributed by atoms with E-state index in [-0.39, 0.29) is 6.04 Å². The van der Waals surface area contributed by atoms with Gasteiger partial charge in [-0.05, 0) is 30.7 Å². The Bertz CT molecular complexity index is 720. The molecule has 0 saturated heterocycles. The summed E-state index contributed by atoms with van der Waals surface area (Å²) in [6.07, 6.45) is 2.57. The van der Waals surface area contributed by atoms with Crippen LogP contribution < -0.4 is 5.73 Å². The van der Waals surface area contributed by atoms with Gasteiger partial charge >= 0.3 is 0 Å². The number of para-hydroxylation sites is 1. The molecular formula is C17H17N3. The Morgan fingerprint density at radius 2 is 1.90 bits per heavy atom. The highest BCUT2D eigenvalue weighted by Crippen LogP contribution is 2.17. The van der Waals surface area contributed by atoms with Gasteiger partial charge in [-0.15, -0.1) is 0 Å². The lowest BCUT2D eigenvalue weighted by molar-refractivity contribution is 0.704. The van der Waals surface area contributed by atoms with Crippen LogP contribution in [-0.4, -0.2) is 9.97 Å². The minimum atomic E-state index is -0.0724. The first-order chi connectivity index (χ1) is 9.72. The van der Waals surface area contributed by atoms with Gasteiger partial charge in [0.05, 0.1) is 5.52 Å². The quantitative estimate of drug-likeness (QED) is 0.789. The topological polar surface area (TPSA) is 51.8 Å².